The minimum absolute atomic E-state index is 0.172. The molecule has 1 aliphatic rings. The molecule has 0 aliphatic carbocycles. The number of benzene rings is 1. The summed E-state index contributed by atoms with van der Waals surface area (Å²) in [6.45, 7) is 4.70. The van der Waals surface area contributed by atoms with Gasteiger partial charge in [-0.15, -0.1) is 0 Å². The SMILES string of the molecule is COC(C)(C)CCC(O)C1COc2ccccc2C1. The van der Waals surface area contributed by atoms with Crippen LogP contribution in [0.1, 0.15) is 32.3 Å². The Hall–Kier alpha value is -1.06. The lowest BCUT2D eigenvalue weighted by molar-refractivity contribution is -0.00965. The summed E-state index contributed by atoms with van der Waals surface area (Å²) >= 11 is 0. The summed E-state index contributed by atoms with van der Waals surface area (Å²) in [5.74, 6) is 1.14. The second kappa shape index (κ2) is 5.93. The minimum Gasteiger partial charge on any atom is -0.493 e. The fourth-order valence-electron chi connectivity index (χ4n) is 2.43. The van der Waals surface area contributed by atoms with Crippen LogP contribution in [-0.4, -0.2) is 30.5 Å². The molecule has 106 valence electrons. The van der Waals surface area contributed by atoms with E-state index in [9.17, 15) is 5.11 Å². The smallest absolute Gasteiger partial charge is 0.122 e. The molecule has 0 amide bonds. The number of rotatable bonds is 5. The molecule has 0 saturated heterocycles. The number of fused-ring (bicyclic) bond motifs is 1. The summed E-state index contributed by atoms with van der Waals surface area (Å²) < 4.78 is 11.1. The fourth-order valence-corrected chi connectivity index (χ4v) is 2.43. The lowest BCUT2D eigenvalue weighted by Gasteiger charge is -2.31. The number of aliphatic hydroxyl groups is 1. The zero-order valence-corrected chi connectivity index (χ0v) is 12.1. The summed E-state index contributed by atoms with van der Waals surface area (Å²) in [7, 11) is 1.71. The first-order valence-electron chi connectivity index (χ1n) is 6.96. The number of aliphatic hydroxyl groups excluding tert-OH is 1. The number of hydrogen-bond acceptors (Lipinski definition) is 3. The first-order chi connectivity index (χ1) is 9.02. The third kappa shape index (κ3) is 3.71. The van der Waals surface area contributed by atoms with E-state index < -0.39 is 0 Å². The molecule has 2 unspecified atom stereocenters. The van der Waals surface area contributed by atoms with E-state index in [1.165, 1.54) is 5.56 Å². The molecule has 2 atom stereocenters. The Bertz CT molecular complexity index is 414. The molecule has 3 nitrogen and oxygen atoms in total. The Kier molecular flexibility index (Phi) is 4.48. The van der Waals surface area contributed by atoms with Crippen LogP contribution in [0, 0.1) is 5.92 Å². The highest BCUT2D eigenvalue weighted by Gasteiger charge is 2.27. The predicted molar refractivity (Wildman–Crippen MR) is 75.5 cm³/mol. The first kappa shape index (κ1) is 14.4. The van der Waals surface area contributed by atoms with Gasteiger partial charge < -0.3 is 14.6 Å². The number of ether oxygens (including phenoxy) is 2. The van der Waals surface area contributed by atoms with Crippen molar-refractivity contribution in [2.24, 2.45) is 5.92 Å². The van der Waals surface area contributed by atoms with Gasteiger partial charge in [0.2, 0.25) is 0 Å². The quantitative estimate of drug-likeness (QED) is 0.888. The fraction of sp³-hybridized carbons (Fsp3) is 0.625. The minimum atomic E-state index is -0.331. The zero-order chi connectivity index (χ0) is 13.9. The second-order valence-corrected chi connectivity index (χ2v) is 5.95. The van der Waals surface area contributed by atoms with Crippen molar-refractivity contribution in [2.45, 2.75) is 44.8 Å². The maximum absolute atomic E-state index is 10.3. The van der Waals surface area contributed by atoms with Crippen molar-refractivity contribution in [2.75, 3.05) is 13.7 Å². The van der Waals surface area contributed by atoms with Crippen LogP contribution >= 0.6 is 0 Å². The predicted octanol–water partition coefficient (Wildman–Crippen LogP) is 2.80. The summed E-state index contributed by atoms with van der Waals surface area (Å²) in [6.07, 6.45) is 2.16. The van der Waals surface area contributed by atoms with Crippen molar-refractivity contribution < 1.29 is 14.6 Å². The maximum atomic E-state index is 10.3. The van der Waals surface area contributed by atoms with E-state index in [2.05, 4.69) is 6.07 Å². The van der Waals surface area contributed by atoms with Gasteiger partial charge in [0.25, 0.3) is 0 Å². The molecule has 0 fully saturated rings. The van der Waals surface area contributed by atoms with E-state index in [0.29, 0.717) is 6.61 Å². The highest BCUT2D eigenvalue weighted by atomic mass is 16.5. The van der Waals surface area contributed by atoms with Crippen LogP contribution in [0.5, 0.6) is 5.75 Å². The second-order valence-electron chi connectivity index (χ2n) is 5.95. The molecule has 1 aromatic rings. The van der Waals surface area contributed by atoms with E-state index in [4.69, 9.17) is 9.47 Å². The lowest BCUT2D eigenvalue weighted by Crippen LogP contribution is -2.33. The first-order valence-corrected chi connectivity index (χ1v) is 6.96. The highest BCUT2D eigenvalue weighted by Crippen LogP contribution is 2.30. The van der Waals surface area contributed by atoms with Crippen molar-refractivity contribution >= 4 is 0 Å². The van der Waals surface area contributed by atoms with Crippen molar-refractivity contribution in [3.05, 3.63) is 29.8 Å². The normalized spacial score (nSPS) is 20.5. The lowest BCUT2D eigenvalue weighted by atomic mass is 9.88. The molecule has 3 heteroatoms. The zero-order valence-electron chi connectivity index (χ0n) is 12.1. The molecule has 0 saturated carbocycles. The van der Waals surface area contributed by atoms with Gasteiger partial charge in [0, 0.05) is 13.0 Å². The number of hydrogen-bond donors (Lipinski definition) is 1. The Balaban J connectivity index is 1.90. The van der Waals surface area contributed by atoms with Crippen molar-refractivity contribution in [1.82, 2.24) is 0 Å². The topological polar surface area (TPSA) is 38.7 Å². The van der Waals surface area contributed by atoms with Crippen LogP contribution in [0.2, 0.25) is 0 Å². The van der Waals surface area contributed by atoms with E-state index in [-0.39, 0.29) is 17.6 Å². The van der Waals surface area contributed by atoms with E-state index >= 15 is 0 Å². The molecule has 0 spiro atoms. The van der Waals surface area contributed by atoms with Gasteiger partial charge in [-0.1, -0.05) is 18.2 Å². The Morgan fingerprint density at radius 1 is 1.42 bits per heavy atom. The van der Waals surface area contributed by atoms with Gasteiger partial charge in [-0.05, 0) is 44.7 Å². The van der Waals surface area contributed by atoms with Gasteiger partial charge >= 0.3 is 0 Å². The maximum Gasteiger partial charge on any atom is 0.122 e. The summed E-state index contributed by atoms with van der Waals surface area (Å²) in [5, 5.41) is 10.3. The third-order valence-electron chi connectivity index (χ3n) is 4.05. The Morgan fingerprint density at radius 3 is 2.89 bits per heavy atom. The Morgan fingerprint density at radius 2 is 2.16 bits per heavy atom. The highest BCUT2D eigenvalue weighted by molar-refractivity contribution is 5.35. The molecular weight excluding hydrogens is 240 g/mol. The molecule has 1 heterocycles. The molecule has 0 aromatic heterocycles. The van der Waals surface area contributed by atoms with E-state index in [1.807, 2.05) is 32.0 Å². The summed E-state index contributed by atoms with van der Waals surface area (Å²) in [5.41, 5.74) is 1.03. The molecule has 19 heavy (non-hydrogen) atoms. The number of methoxy groups -OCH3 is 1. The van der Waals surface area contributed by atoms with Gasteiger partial charge in [0.15, 0.2) is 0 Å². The molecule has 0 bridgehead atoms. The molecule has 1 aliphatic heterocycles. The molecular formula is C16H24O3. The Labute approximate surface area is 115 Å². The van der Waals surface area contributed by atoms with Crippen LogP contribution in [-0.2, 0) is 11.2 Å². The average molecular weight is 264 g/mol. The van der Waals surface area contributed by atoms with Crippen LogP contribution in [0.25, 0.3) is 0 Å². The van der Waals surface area contributed by atoms with Crippen molar-refractivity contribution in [3.63, 3.8) is 0 Å². The molecule has 2 rings (SSSR count). The summed E-state index contributed by atoms with van der Waals surface area (Å²) in [6, 6.07) is 8.07. The van der Waals surface area contributed by atoms with Crippen LogP contribution in [0.3, 0.4) is 0 Å². The third-order valence-corrected chi connectivity index (χ3v) is 4.05. The van der Waals surface area contributed by atoms with E-state index in [0.717, 1.165) is 25.0 Å². The average Bonchev–Trinajstić information content (AvgIpc) is 2.44. The van der Waals surface area contributed by atoms with Crippen molar-refractivity contribution in [3.8, 4) is 5.75 Å². The van der Waals surface area contributed by atoms with Crippen LogP contribution in [0.15, 0.2) is 24.3 Å². The molecule has 1 aromatic carbocycles. The van der Waals surface area contributed by atoms with Gasteiger partial charge in [-0.3, -0.25) is 0 Å². The van der Waals surface area contributed by atoms with Crippen LogP contribution in [0.4, 0.5) is 0 Å². The number of para-hydroxylation sites is 1. The van der Waals surface area contributed by atoms with E-state index in [1.54, 1.807) is 7.11 Å². The monoisotopic (exact) mass is 264 g/mol. The van der Waals surface area contributed by atoms with Gasteiger partial charge in [-0.2, -0.15) is 0 Å². The largest absolute Gasteiger partial charge is 0.493 e. The summed E-state index contributed by atoms with van der Waals surface area (Å²) in [4.78, 5) is 0. The van der Waals surface area contributed by atoms with Crippen LogP contribution < -0.4 is 4.74 Å². The van der Waals surface area contributed by atoms with Gasteiger partial charge in [0.05, 0.1) is 18.3 Å². The molecule has 0 radical (unpaired) electrons. The van der Waals surface area contributed by atoms with Gasteiger partial charge in [-0.25, -0.2) is 0 Å². The standard InChI is InChI=1S/C16H24O3/c1-16(2,18-3)9-8-14(17)13-10-12-6-4-5-7-15(12)19-11-13/h4-7,13-14,17H,8-11H2,1-3H3. The molecule has 1 N–H and O–H groups in total. The van der Waals surface area contributed by atoms with Gasteiger partial charge in [0.1, 0.15) is 5.75 Å². The van der Waals surface area contributed by atoms with Crippen molar-refractivity contribution in [1.29, 1.82) is 0 Å².